The van der Waals surface area contributed by atoms with Crippen LogP contribution in [0.2, 0.25) is 0 Å². The minimum Gasteiger partial charge on any atom is -0.497 e. The second-order valence-corrected chi connectivity index (χ2v) is 4.75. The molecule has 1 aromatic carbocycles. The van der Waals surface area contributed by atoms with E-state index in [0.717, 1.165) is 29.6 Å². The molecule has 7 nitrogen and oxygen atoms in total. The Hall–Kier alpha value is -1.84. The van der Waals surface area contributed by atoms with Crippen molar-refractivity contribution in [2.45, 2.75) is 20.0 Å². The molecular weight excluding hydrogens is 407 g/mol. The average molecular weight is 430 g/mol. The van der Waals surface area contributed by atoms with Crippen LogP contribution in [0.4, 0.5) is 0 Å². The fraction of sp³-hybridized carbons (Fsp3) is 0.400. The molecule has 0 fully saturated rings. The van der Waals surface area contributed by atoms with Crippen LogP contribution in [-0.4, -0.2) is 34.4 Å². The first kappa shape index (κ1) is 19.2. The third kappa shape index (κ3) is 6.05. The second kappa shape index (κ2) is 10.0. The summed E-state index contributed by atoms with van der Waals surface area (Å²) >= 11 is 0. The average Bonchev–Trinajstić information content (AvgIpc) is 2.96. The van der Waals surface area contributed by atoms with Crippen molar-refractivity contribution in [3.8, 4) is 5.75 Å². The van der Waals surface area contributed by atoms with Crippen molar-refractivity contribution in [2.24, 2.45) is 12.0 Å². The number of hydrogen-bond acceptors (Lipinski definition) is 4. The molecule has 1 heterocycles. The van der Waals surface area contributed by atoms with Crippen molar-refractivity contribution in [2.75, 3.05) is 13.7 Å². The summed E-state index contributed by atoms with van der Waals surface area (Å²) in [7, 11) is 3.57. The molecule has 2 aromatic rings. The zero-order valence-corrected chi connectivity index (χ0v) is 15.9. The molecule has 0 unspecified atom stereocenters. The minimum absolute atomic E-state index is 0. The molecule has 0 radical (unpaired) electrons. The maximum Gasteiger partial charge on any atom is 0.191 e. The number of aliphatic imine (C=N–C) groups is 1. The molecule has 0 spiro atoms. The molecule has 8 heteroatoms. The number of halogens is 1. The van der Waals surface area contributed by atoms with E-state index in [-0.39, 0.29) is 24.0 Å². The van der Waals surface area contributed by atoms with Gasteiger partial charge < -0.3 is 19.9 Å². The predicted octanol–water partition coefficient (Wildman–Crippen LogP) is 1.70. The number of benzene rings is 1. The molecule has 2 N–H and O–H groups in total. The van der Waals surface area contributed by atoms with Crippen LogP contribution in [0.5, 0.6) is 5.75 Å². The van der Waals surface area contributed by atoms with Crippen molar-refractivity contribution in [1.82, 2.24) is 25.4 Å². The second-order valence-electron chi connectivity index (χ2n) is 4.75. The third-order valence-corrected chi connectivity index (χ3v) is 3.14. The quantitative estimate of drug-likeness (QED) is 0.415. The van der Waals surface area contributed by atoms with Crippen molar-refractivity contribution in [3.05, 3.63) is 42.0 Å². The number of ether oxygens (including phenoxy) is 1. The number of methoxy groups -OCH3 is 1. The Balaban J connectivity index is 0.00000264. The van der Waals surface area contributed by atoms with Crippen LogP contribution < -0.4 is 15.4 Å². The van der Waals surface area contributed by atoms with Gasteiger partial charge in [-0.25, -0.2) is 4.99 Å². The van der Waals surface area contributed by atoms with Crippen LogP contribution in [0.3, 0.4) is 0 Å². The maximum atomic E-state index is 5.15. The van der Waals surface area contributed by atoms with Crippen LogP contribution in [-0.2, 0) is 20.1 Å². The number of rotatable bonds is 6. The highest BCUT2D eigenvalue weighted by Crippen LogP contribution is 2.11. The number of guanidine groups is 1. The number of nitrogens with one attached hydrogen (secondary N) is 2. The molecule has 0 saturated carbocycles. The van der Waals surface area contributed by atoms with Crippen LogP contribution in [0, 0.1) is 0 Å². The van der Waals surface area contributed by atoms with E-state index < -0.39 is 0 Å². The van der Waals surface area contributed by atoms with Gasteiger partial charge in [0.2, 0.25) is 0 Å². The number of nitrogens with zero attached hydrogens (tertiary/aromatic N) is 4. The number of aryl methyl sites for hydroxylation is 1. The molecule has 2 rings (SSSR count). The van der Waals surface area contributed by atoms with Crippen LogP contribution in [0.1, 0.15) is 18.3 Å². The minimum atomic E-state index is 0. The Morgan fingerprint density at radius 2 is 2.00 bits per heavy atom. The zero-order valence-electron chi connectivity index (χ0n) is 13.6. The van der Waals surface area contributed by atoms with Crippen molar-refractivity contribution >= 4 is 29.9 Å². The molecule has 126 valence electrons. The van der Waals surface area contributed by atoms with E-state index >= 15 is 0 Å². The first-order valence-electron chi connectivity index (χ1n) is 7.21. The summed E-state index contributed by atoms with van der Waals surface area (Å²) in [5.74, 6) is 2.46. The maximum absolute atomic E-state index is 5.15. The van der Waals surface area contributed by atoms with Gasteiger partial charge in [-0.1, -0.05) is 12.1 Å². The largest absolute Gasteiger partial charge is 0.497 e. The van der Waals surface area contributed by atoms with E-state index in [2.05, 4.69) is 25.8 Å². The SMILES string of the molecule is CCNC(=NCc1ccc(OC)cc1)NCc1nncn1C.I. The summed E-state index contributed by atoms with van der Waals surface area (Å²) in [5, 5.41) is 14.4. The smallest absolute Gasteiger partial charge is 0.191 e. The monoisotopic (exact) mass is 430 g/mol. The van der Waals surface area contributed by atoms with Gasteiger partial charge in [0.25, 0.3) is 0 Å². The van der Waals surface area contributed by atoms with E-state index in [1.807, 2.05) is 42.8 Å². The van der Waals surface area contributed by atoms with Crippen molar-refractivity contribution in [3.63, 3.8) is 0 Å². The summed E-state index contributed by atoms with van der Waals surface area (Å²) < 4.78 is 7.02. The number of aromatic nitrogens is 3. The molecule has 0 aliphatic carbocycles. The molecule has 0 aliphatic heterocycles. The molecule has 0 atom stereocenters. The normalized spacial score (nSPS) is 10.8. The summed E-state index contributed by atoms with van der Waals surface area (Å²) in [6.07, 6.45) is 1.68. The van der Waals surface area contributed by atoms with Gasteiger partial charge in [-0.2, -0.15) is 0 Å². The topological polar surface area (TPSA) is 76.4 Å². The van der Waals surface area contributed by atoms with Crippen LogP contribution in [0.25, 0.3) is 0 Å². The van der Waals surface area contributed by atoms with Crippen molar-refractivity contribution in [1.29, 1.82) is 0 Å². The molecule has 0 amide bonds. The summed E-state index contributed by atoms with van der Waals surface area (Å²) in [4.78, 5) is 4.56. The lowest BCUT2D eigenvalue weighted by Gasteiger charge is -2.11. The van der Waals surface area contributed by atoms with E-state index in [1.165, 1.54) is 0 Å². The van der Waals surface area contributed by atoms with E-state index in [1.54, 1.807) is 13.4 Å². The Morgan fingerprint density at radius 3 is 2.57 bits per heavy atom. The Labute approximate surface area is 153 Å². The fourth-order valence-corrected chi connectivity index (χ4v) is 1.87. The summed E-state index contributed by atoms with van der Waals surface area (Å²) in [5.41, 5.74) is 1.12. The van der Waals surface area contributed by atoms with E-state index in [9.17, 15) is 0 Å². The zero-order chi connectivity index (χ0) is 15.8. The standard InChI is InChI=1S/C15H22N6O.HI/c1-4-16-15(18-10-14-20-19-11-21(14)2)17-9-12-5-7-13(22-3)8-6-12;/h5-8,11H,4,9-10H2,1-3H3,(H2,16,17,18);1H. The van der Waals surface area contributed by atoms with Gasteiger partial charge in [0.05, 0.1) is 20.2 Å². The first-order valence-corrected chi connectivity index (χ1v) is 7.21. The fourth-order valence-electron chi connectivity index (χ4n) is 1.87. The van der Waals surface area contributed by atoms with Crippen LogP contribution >= 0.6 is 24.0 Å². The van der Waals surface area contributed by atoms with Gasteiger partial charge in [-0.05, 0) is 24.6 Å². The Morgan fingerprint density at radius 1 is 1.26 bits per heavy atom. The van der Waals surface area contributed by atoms with Crippen molar-refractivity contribution < 1.29 is 4.74 Å². The van der Waals surface area contributed by atoms with Gasteiger partial charge in [0.15, 0.2) is 11.8 Å². The molecule has 0 aliphatic rings. The lowest BCUT2D eigenvalue weighted by molar-refractivity contribution is 0.414. The molecule has 23 heavy (non-hydrogen) atoms. The Bertz CT molecular complexity index is 611. The van der Waals surface area contributed by atoms with Gasteiger partial charge in [0, 0.05) is 13.6 Å². The lowest BCUT2D eigenvalue weighted by Crippen LogP contribution is -2.37. The summed E-state index contributed by atoms with van der Waals surface area (Å²) in [6.45, 7) is 4.00. The predicted molar refractivity (Wildman–Crippen MR) is 101 cm³/mol. The molecule has 0 saturated heterocycles. The van der Waals surface area contributed by atoms with Gasteiger partial charge >= 0.3 is 0 Å². The van der Waals surface area contributed by atoms with E-state index in [4.69, 9.17) is 4.74 Å². The summed E-state index contributed by atoms with van der Waals surface area (Å²) in [6, 6.07) is 7.89. The third-order valence-electron chi connectivity index (χ3n) is 3.14. The highest BCUT2D eigenvalue weighted by molar-refractivity contribution is 14.0. The number of hydrogen-bond donors (Lipinski definition) is 2. The van der Waals surface area contributed by atoms with Gasteiger partial charge in [-0.15, -0.1) is 34.2 Å². The Kier molecular flexibility index (Phi) is 8.38. The molecular formula is C15H23IN6O. The van der Waals surface area contributed by atoms with Crippen LogP contribution in [0.15, 0.2) is 35.6 Å². The first-order chi connectivity index (χ1) is 10.7. The van der Waals surface area contributed by atoms with Gasteiger partial charge in [-0.3, -0.25) is 0 Å². The van der Waals surface area contributed by atoms with Gasteiger partial charge in [0.1, 0.15) is 12.1 Å². The molecule has 0 bridgehead atoms. The lowest BCUT2D eigenvalue weighted by atomic mass is 10.2. The highest BCUT2D eigenvalue weighted by Gasteiger charge is 2.02. The van der Waals surface area contributed by atoms with E-state index in [0.29, 0.717) is 13.1 Å². The molecule has 1 aromatic heterocycles. The highest BCUT2D eigenvalue weighted by atomic mass is 127.